The number of rotatable bonds is 6. The van der Waals surface area contributed by atoms with Crippen LogP contribution in [0.4, 0.5) is 5.13 Å². The quantitative estimate of drug-likeness (QED) is 0.851. The Morgan fingerprint density at radius 1 is 1.40 bits per heavy atom. The van der Waals surface area contributed by atoms with E-state index < -0.39 is 0 Å². The lowest BCUT2D eigenvalue weighted by molar-refractivity contribution is 0.238. The van der Waals surface area contributed by atoms with E-state index >= 15 is 0 Å². The van der Waals surface area contributed by atoms with Crippen molar-refractivity contribution in [2.24, 2.45) is 5.41 Å². The maximum Gasteiger partial charge on any atom is 0.185 e. The van der Waals surface area contributed by atoms with Gasteiger partial charge in [-0.2, -0.15) is 0 Å². The zero-order chi connectivity index (χ0) is 14.6. The van der Waals surface area contributed by atoms with Crippen LogP contribution in [-0.4, -0.2) is 24.6 Å². The molecule has 20 heavy (non-hydrogen) atoms. The lowest BCUT2D eigenvalue weighted by atomic mass is 9.78. The molecule has 2 rings (SSSR count). The molecular formula is C16H29N3S. The van der Waals surface area contributed by atoms with E-state index in [0.717, 1.165) is 19.6 Å². The number of nitrogens with zero attached hydrogens (tertiary/aromatic N) is 2. The Morgan fingerprint density at radius 3 is 2.70 bits per heavy atom. The van der Waals surface area contributed by atoms with Crippen LogP contribution in [0.2, 0.25) is 0 Å². The largest absolute Gasteiger partial charge is 0.348 e. The van der Waals surface area contributed by atoms with E-state index in [1.165, 1.54) is 35.7 Å². The molecule has 1 unspecified atom stereocenters. The molecule has 0 aromatic carbocycles. The number of hydrogen-bond acceptors (Lipinski definition) is 4. The number of piperidine rings is 1. The Kier molecular flexibility index (Phi) is 5.44. The van der Waals surface area contributed by atoms with Crippen molar-refractivity contribution in [2.75, 3.05) is 24.5 Å². The van der Waals surface area contributed by atoms with E-state index in [1.54, 1.807) is 0 Å². The minimum atomic E-state index is 0.423. The van der Waals surface area contributed by atoms with Gasteiger partial charge in [0, 0.05) is 30.2 Å². The molecule has 1 aromatic rings. The summed E-state index contributed by atoms with van der Waals surface area (Å²) in [5.41, 5.74) is 0.548. The van der Waals surface area contributed by atoms with Crippen LogP contribution < -0.4 is 10.2 Å². The molecule has 114 valence electrons. The average Bonchev–Trinajstić information content (AvgIpc) is 2.95. The molecule has 0 saturated carbocycles. The van der Waals surface area contributed by atoms with E-state index in [0.29, 0.717) is 11.5 Å². The van der Waals surface area contributed by atoms with Gasteiger partial charge >= 0.3 is 0 Å². The van der Waals surface area contributed by atoms with E-state index in [4.69, 9.17) is 0 Å². The Morgan fingerprint density at radius 2 is 2.10 bits per heavy atom. The Balaban J connectivity index is 1.93. The van der Waals surface area contributed by atoms with Crippen molar-refractivity contribution in [3.8, 4) is 0 Å². The maximum atomic E-state index is 4.65. The maximum absolute atomic E-state index is 4.65. The first-order chi connectivity index (χ1) is 9.58. The third-order valence-electron chi connectivity index (χ3n) is 4.73. The molecule has 0 aliphatic carbocycles. The summed E-state index contributed by atoms with van der Waals surface area (Å²) in [4.78, 5) is 8.48. The minimum absolute atomic E-state index is 0.423. The zero-order valence-corrected chi connectivity index (χ0v) is 14.2. The lowest BCUT2D eigenvalue weighted by Crippen LogP contribution is -2.38. The molecule has 1 N–H and O–H groups in total. The standard InChI is InChI=1S/C16H29N3S/c1-5-9-17-13(3)14-12-18-15(20-14)19-10-7-16(4,6-2)8-11-19/h12-13,17H,5-11H2,1-4H3. The molecule has 0 bridgehead atoms. The zero-order valence-electron chi connectivity index (χ0n) is 13.4. The SMILES string of the molecule is CCCNC(C)c1cnc(N2CCC(C)(CC)CC2)s1. The van der Waals surface area contributed by atoms with Crippen LogP contribution in [0.1, 0.15) is 64.3 Å². The van der Waals surface area contributed by atoms with Gasteiger partial charge in [0.1, 0.15) is 0 Å². The van der Waals surface area contributed by atoms with Gasteiger partial charge in [-0.3, -0.25) is 0 Å². The van der Waals surface area contributed by atoms with Crippen molar-refractivity contribution in [3.05, 3.63) is 11.1 Å². The average molecular weight is 295 g/mol. The summed E-state index contributed by atoms with van der Waals surface area (Å²) in [6.45, 7) is 12.6. The highest BCUT2D eigenvalue weighted by molar-refractivity contribution is 7.15. The minimum Gasteiger partial charge on any atom is -0.348 e. The van der Waals surface area contributed by atoms with Gasteiger partial charge < -0.3 is 10.2 Å². The third-order valence-corrected chi connectivity index (χ3v) is 5.97. The van der Waals surface area contributed by atoms with Crippen LogP contribution in [0.25, 0.3) is 0 Å². The summed E-state index contributed by atoms with van der Waals surface area (Å²) in [6, 6.07) is 0.423. The molecule has 1 atom stereocenters. The molecule has 3 nitrogen and oxygen atoms in total. The summed E-state index contributed by atoms with van der Waals surface area (Å²) in [6.07, 6.45) is 7.12. The van der Waals surface area contributed by atoms with E-state index in [9.17, 15) is 0 Å². The van der Waals surface area contributed by atoms with Gasteiger partial charge in [-0.1, -0.05) is 27.2 Å². The molecule has 0 amide bonds. The number of hydrogen-bond donors (Lipinski definition) is 1. The molecule has 1 saturated heterocycles. The molecule has 1 fully saturated rings. The molecule has 1 aliphatic rings. The smallest absolute Gasteiger partial charge is 0.185 e. The van der Waals surface area contributed by atoms with Gasteiger partial charge in [0.05, 0.1) is 0 Å². The Hall–Kier alpha value is -0.610. The highest BCUT2D eigenvalue weighted by atomic mass is 32.1. The molecule has 2 heterocycles. The van der Waals surface area contributed by atoms with Gasteiger partial charge in [-0.25, -0.2) is 4.98 Å². The molecule has 4 heteroatoms. The topological polar surface area (TPSA) is 28.2 Å². The van der Waals surface area contributed by atoms with Gasteiger partial charge in [0.25, 0.3) is 0 Å². The predicted octanol–water partition coefficient (Wildman–Crippen LogP) is 4.22. The molecule has 0 spiro atoms. The summed E-state index contributed by atoms with van der Waals surface area (Å²) >= 11 is 1.86. The summed E-state index contributed by atoms with van der Waals surface area (Å²) in [5, 5.41) is 4.75. The van der Waals surface area contributed by atoms with Crippen molar-refractivity contribution >= 4 is 16.5 Å². The summed E-state index contributed by atoms with van der Waals surface area (Å²) in [7, 11) is 0. The van der Waals surface area contributed by atoms with Crippen molar-refractivity contribution in [1.82, 2.24) is 10.3 Å². The second-order valence-electron chi connectivity index (χ2n) is 6.37. The van der Waals surface area contributed by atoms with E-state index in [1.807, 2.05) is 11.3 Å². The van der Waals surface area contributed by atoms with Crippen LogP contribution in [0.15, 0.2) is 6.20 Å². The second-order valence-corrected chi connectivity index (χ2v) is 7.41. The monoisotopic (exact) mass is 295 g/mol. The Labute approximate surface area is 127 Å². The summed E-state index contributed by atoms with van der Waals surface area (Å²) < 4.78 is 0. The summed E-state index contributed by atoms with van der Waals surface area (Å²) in [5.74, 6) is 0. The normalized spacial score (nSPS) is 20.1. The lowest BCUT2D eigenvalue weighted by Gasteiger charge is -2.38. The molecular weight excluding hydrogens is 266 g/mol. The van der Waals surface area contributed by atoms with Crippen molar-refractivity contribution in [2.45, 2.75) is 59.4 Å². The fourth-order valence-electron chi connectivity index (χ4n) is 2.68. The fourth-order valence-corrected chi connectivity index (χ4v) is 3.67. The first-order valence-corrected chi connectivity index (χ1v) is 8.83. The van der Waals surface area contributed by atoms with Crippen LogP contribution >= 0.6 is 11.3 Å². The third kappa shape index (κ3) is 3.73. The van der Waals surface area contributed by atoms with E-state index in [2.05, 4.69) is 49.1 Å². The highest BCUT2D eigenvalue weighted by Gasteiger charge is 2.29. The van der Waals surface area contributed by atoms with E-state index in [-0.39, 0.29) is 0 Å². The van der Waals surface area contributed by atoms with Crippen molar-refractivity contribution in [1.29, 1.82) is 0 Å². The van der Waals surface area contributed by atoms with Gasteiger partial charge in [0.2, 0.25) is 0 Å². The van der Waals surface area contributed by atoms with Crippen LogP contribution in [0.5, 0.6) is 0 Å². The number of nitrogens with one attached hydrogen (secondary N) is 1. The Bertz CT molecular complexity index is 408. The second kappa shape index (κ2) is 6.90. The first kappa shape index (κ1) is 15.8. The van der Waals surface area contributed by atoms with Crippen LogP contribution in [0.3, 0.4) is 0 Å². The highest BCUT2D eigenvalue weighted by Crippen LogP contribution is 2.37. The molecule has 1 aromatic heterocycles. The first-order valence-electron chi connectivity index (χ1n) is 8.02. The molecule has 0 radical (unpaired) electrons. The van der Waals surface area contributed by atoms with Gasteiger partial charge in [-0.05, 0) is 38.1 Å². The molecule has 1 aliphatic heterocycles. The predicted molar refractivity (Wildman–Crippen MR) is 88.7 cm³/mol. The van der Waals surface area contributed by atoms with Crippen molar-refractivity contribution < 1.29 is 0 Å². The van der Waals surface area contributed by atoms with Crippen LogP contribution in [-0.2, 0) is 0 Å². The fraction of sp³-hybridized carbons (Fsp3) is 0.812. The van der Waals surface area contributed by atoms with Gasteiger partial charge in [0.15, 0.2) is 5.13 Å². The van der Waals surface area contributed by atoms with Crippen LogP contribution in [0, 0.1) is 5.41 Å². The number of thiazole rings is 1. The van der Waals surface area contributed by atoms with Gasteiger partial charge in [-0.15, -0.1) is 11.3 Å². The number of anilines is 1. The van der Waals surface area contributed by atoms with Crippen molar-refractivity contribution in [3.63, 3.8) is 0 Å². The number of aromatic nitrogens is 1.